The number of nitrogens with two attached hydrogens (primary N) is 1. The molecule has 2 aromatic rings. The van der Waals surface area contributed by atoms with E-state index in [0.29, 0.717) is 22.3 Å². The molecule has 3 nitrogen and oxygen atoms in total. The van der Waals surface area contributed by atoms with Crippen molar-refractivity contribution in [1.29, 1.82) is 0 Å². The standard InChI is InChI=1S/C11H9ClFN3/c12-10-6-5-9(14)11(16-10)15-8-3-1-7(13)2-4-8/h1-6H,14H2,(H,15,16). The van der Waals surface area contributed by atoms with Crippen molar-refractivity contribution >= 4 is 28.8 Å². The fourth-order valence-electron chi connectivity index (χ4n) is 1.22. The Hall–Kier alpha value is -1.81. The molecule has 0 bridgehead atoms. The molecule has 0 saturated carbocycles. The minimum atomic E-state index is -0.294. The molecule has 5 heteroatoms. The van der Waals surface area contributed by atoms with E-state index in [2.05, 4.69) is 10.3 Å². The van der Waals surface area contributed by atoms with Crippen LogP contribution in [0.1, 0.15) is 0 Å². The molecule has 0 atom stereocenters. The zero-order chi connectivity index (χ0) is 11.5. The Labute approximate surface area is 97.1 Å². The van der Waals surface area contributed by atoms with E-state index in [0.717, 1.165) is 0 Å². The lowest BCUT2D eigenvalue weighted by atomic mass is 10.3. The predicted octanol–water partition coefficient (Wildman–Crippen LogP) is 3.20. The second-order valence-electron chi connectivity index (χ2n) is 3.20. The van der Waals surface area contributed by atoms with Gasteiger partial charge in [0.15, 0.2) is 5.82 Å². The predicted molar refractivity (Wildman–Crippen MR) is 63.3 cm³/mol. The van der Waals surface area contributed by atoms with E-state index in [1.165, 1.54) is 12.1 Å². The fraction of sp³-hybridized carbons (Fsp3) is 0. The van der Waals surface area contributed by atoms with Crippen molar-refractivity contribution in [3.05, 3.63) is 47.4 Å². The van der Waals surface area contributed by atoms with Gasteiger partial charge in [0.05, 0.1) is 5.69 Å². The van der Waals surface area contributed by atoms with Crippen molar-refractivity contribution in [1.82, 2.24) is 4.98 Å². The third-order valence-corrected chi connectivity index (χ3v) is 2.21. The summed E-state index contributed by atoms with van der Waals surface area (Å²) in [6.45, 7) is 0. The van der Waals surface area contributed by atoms with E-state index in [-0.39, 0.29) is 5.82 Å². The van der Waals surface area contributed by atoms with Gasteiger partial charge >= 0.3 is 0 Å². The number of pyridine rings is 1. The Morgan fingerprint density at radius 2 is 1.81 bits per heavy atom. The molecule has 1 heterocycles. The summed E-state index contributed by atoms with van der Waals surface area (Å²) >= 11 is 5.74. The van der Waals surface area contributed by atoms with Crippen LogP contribution in [-0.2, 0) is 0 Å². The Morgan fingerprint density at radius 1 is 1.12 bits per heavy atom. The van der Waals surface area contributed by atoms with Crippen LogP contribution in [0.2, 0.25) is 5.15 Å². The summed E-state index contributed by atoms with van der Waals surface area (Å²) in [5, 5.41) is 3.30. The second-order valence-corrected chi connectivity index (χ2v) is 3.59. The van der Waals surface area contributed by atoms with Crippen LogP contribution in [0.4, 0.5) is 21.6 Å². The Balaban J connectivity index is 2.26. The summed E-state index contributed by atoms with van der Waals surface area (Å²) in [4.78, 5) is 4.03. The van der Waals surface area contributed by atoms with Crippen molar-refractivity contribution in [3.8, 4) is 0 Å². The zero-order valence-corrected chi connectivity index (χ0v) is 9.00. The van der Waals surface area contributed by atoms with E-state index >= 15 is 0 Å². The van der Waals surface area contributed by atoms with Crippen LogP contribution in [0.3, 0.4) is 0 Å². The molecule has 1 aromatic heterocycles. The first-order valence-electron chi connectivity index (χ1n) is 4.60. The molecular weight excluding hydrogens is 229 g/mol. The Bertz CT molecular complexity index is 499. The van der Waals surface area contributed by atoms with Crippen LogP contribution in [0.5, 0.6) is 0 Å². The maximum atomic E-state index is 12.7. The van der Waals surface area contributed by atoms with Gasteiger partial charge in [0.25, 0.3) is 0 Å². The maximum absolute atomic E-state index is 12.7. The average Bonchev–Trinajstić information content (AvgIpc) is 2.27. The van der Waals surface area contributed by atoms with Crippen LogP contribution < -0.4 is 11.1 Å². The molecule has 1 aromatic carbocycles. The van der Waals surface area contributed by atoms with Crippen LogP contribution in [0.15, 0.2) is 36.4 Å². The van der Waals surface area contributed by atoms with E-state index in [1.807, 2.05) is 0 Å². The largest absolute Gasteiger partial charge is 0.396 e. The van der Waals surface area contributed by atoms with Gasteiger partial charge in [0.1, 0.15) is 11.0 Å². The van der Waals surface area contributed by atoms with Crippen molar-refractivity contribution in [2.24, 2.45) is 0 Å². The van der Waals surface area contributed by atoms with E-state index in [9.17, 15) is 4.39 Å². The van der Waals surface area contributed by atoms with Crippen LogP contribution in [0, 0.1) is 5.82 Å². The minimum absolute atomic E-state index is 0.294. The topological polar surface area (TPSA) is 50.9 Å². The highest BCUT2D eigenvalue weighted by Crippen LogP contribution is 2.22. The normalized spacial score (nSPS) is 10.1. The molecule has 0 aliphatic carbocycles. The lowest BCUT2D eigenvalue weighted by Crippen LogP contribution is -1.99. The highest BCUT2D eigenvalue weighted by Gasteiger charge is 2.02. The molecule has 0 saturated heterocycles. The van der Waals surface area contributed by atoms with Gasteiger partial charge in [0, 0.05) is 5.69 Å². The van der Waals surface area contributed by atoms with Gasteiger partial charge in [-0.15, -0.1) is 0 Å². The van der Waals surface area contributed by atoms with Crippen LogP contribution >= 0.6 is 11.6 Å². The SMILES string of the molecule is Nc1ccc(Cl)nc1Nc1ccc(F)cc1. The van der Waals surface area contributed by atoms with E-state index in [1.54, 1.807) is 24.3 Å². The molecule has 0 amide bonds. The lowest BCUT2D eigenvalue weighted by Gasteiger charge is -2.08. The first-order valence-corrected chi connectivity index (χ1v) is 4.97. The number of nitrogen functional groups attached to an aromatic ring is 1. The van der Waals surface area contributed by atoms with E-state index < -0.39 is 0 Å². The summed E-state index contributed by atoms with van der Waals surface area (Å²) < 4.78 is 12.7. The quantitative estimate of drug-likeness (QED) is 0.789. The number of halogens is 2. The summed E-state index contributed by atoms with van der Waals surface area (Å²) in [5.41, 5.74) is 6.89. The van der Waals surface area contributed by atoms with Gasteiger partial charge in [0.2, 0.25) is 0 Å². The summed E-state index contributed by atoms with van der Waals surface area (Å²) in [6.07, 6.45) is 0. The summed E-state index contributed by atoms with van der Waals surface area (Å²) in [5.74, 6) is 0.164. The number of nitrogens with one attached hydrogen (secondary N) is 1. The molecule has 0 spiro atoms. The maximum Gasteiger partial charge on any atom is 0.155 e. The third kappa shape index (κ3) is 2.41. The zero-order valence-electron chi connectivity index (χ0n) is 8.24. The molecule has 0 aliphatic rings. The number of anilines is 3. The Morgan fingerprint density at radius 3 is 2.50 bits per heavy atom. The molecule has 82 valence electrons. The molecule has 0 unspecified atom stereocenters. The van der Waals surface area contributed by atoms with Crippen LogP contribution in [-0.4, -0.2) is 4.98 Å². The first kappa shape index (κ1) is 10.7. The van der Waals surface area contributed by atoms with Crippen molar-refractivity contribution in [3.63, 3.8) is 0 Å². The Kier molecular flexibility index (Phi) is 2.92. The lowest BCUT2D eigenvalue weighted by molar-refractivity contribution is 0.628. The second kappa shape index (κ2) is 4.37. The molecule has 3 N–H and O–H groups in total. The highest BCUT2D eigenvalue weighted by atomic mass is 35.5. The number of hydrogen-bond donors (Lipinski definition) is 2. The molecule has 16 heavy (non-hydrogen) atoms. The van der Waals surface area contributed by atoms with E-state index in [4.69, 9.17) is 17.3 Å². The van der Waals surface area contributed by atoms with Gasteiger partial charge in [-0.3, -0.25) is 0 Å². The van der Waals surface area contributed by atoms with Gasteiger partial charge in [-0.05, 0) is 36.4 Å². The minimum Gasteiger partial charge on any atom is -0.396 e. The van der Waals surface area contributed by atoms with Crippen LogP contribution in [0.25, 0.3) is 0 Å². The molecular formula is C11H9ClFN3. The molecule has 0 radical (unpaired) electrons. The number of nitrogens with zero attached hydrogens (tertiary/aromatic N) is 1. The van der Waals surface area contributed by atoms with Crippen molar-refractivity contribution in [2.75, 3.05) is 11.1 Å². The molecule has 0 fully saturated rings. The average molecular weight is 238 g/mol. The highest BCUT2D eigenvalue weighted by molar-refractivity contribution is 6.29. The third-order valence-electron chi connectivity index (χ3n) is 2.00. The fourth-order valence-corrected chi connectivity index (χ4v) is 1.36. The van der Waals surface area contributed by atoms with Crippen molar-refractivity contribution in [2.45, 2.75) is 0 Å². The first-order chi connectivity index (χ1) is 7.65. The number of aromatic nitrogens is 1. The smallest absolute Gasteiger partial charge is 0.155 e. The molecule has 0 aliphatic heterocycles. The van der Waals surface area contributed by atoms with Gasteiger partial charge in [-0.1, -0.05) is 11.6 Å². The molecule has 2 rings (SSSR count). The monoisotopic (exact) mass is 237 g/mol. The van der Waals surface area contributed by atoms with Crippen molar-refractivity contribution < 1.29 is 4.39 Å². The number of benzene rings is 1. The summed E-state index contributed by atoms with van der Waals surface area (Å²) in [7, 11) is 0. The van der Waals surface area contributed by atoms with Gasteiger partial charge in [-0.25, -0.2) is 9.37 Å². The number of hydrogen-bond acceptors (Lipinski definition) is 3. The number of rotatable bonds is 2. The van der Waals surface area contributed by atoms with Gasteiger partial charge < -0.3 is 11.1 Å². The van der Waals surface area contributed by atoms with Gasteiger partial charge in [-0.2, -0.15) is 0 Å². The summed E-state index contributed by atoms with van der Waals surface area (Å²) in [6, 6.07) is 9.15.